The Morgan fingerprint density at radius 1 is 0.472 bits per heavy atom. The molecule has 0 bridgehead atoms. The quantitative estimate of drug-likeness (QED) is 0.0369. The highest BCUT2D eigenvalue weighted by molar-refractivity contribution is 5.76. The highest BCUT2D eigenvalue weighted by Gasteiger charge is 2.21. The second-order valence-electron chi connectivity index (χ2n) is 16.4. The molecule has 0 rings (SSSR count). The predicted octanol–water partition coefficient (Wildman–Crippen LogP) is 13.8. The van der Waals surface area contributed by atoms with Gasteiger partial charge >= 0.3 is 0 Å². The third kappa shape index (κ3) is 40.3. The van der Waals surface area contributed by atoms with E-state index in [1.807, 2.05) is 0 Å². The lowest BCUT2D eigenvalue weighted by atomic mass is 10.0. The third-order valence-corrected chi connectivity index (χ3v) is 11.0. The molecule has 5 heteroatoms. The molecule has 0 heterocycles. The number of aliphatic hydroxyl groups excluding tert-OH is 3. The number of allylic oxidation sites excluding steroid dienone is 4. The minimum Gasteiger partial charge on any atom is -0.394 e. The first kappa shape index (κ1) is 51.8. The van der Waals surface area contributed by atoms with Gasteiger partial charge in [0, 0.05) is 0 Å². The molecule has 1 amide bonds. The van der Waals surface area contributed by atoms with E-state index in [1.165, 1.54) is 186 Å². The summed E-state index contributed by atoms with van der Waals surface area (Å²) in [6, 6.07) is -0.658. The van der Waals surface area contributed by atoms with Gasteiger partial charge in [-0.1, -0.05) is 224 Å². The second kappa shape index (κ2) is 43.6. The summed E-state index contributed by atoms with van der Waals surface area (Å²) < 4.78 is 0. The summed E-state index contributed by atoms with van der Waals surface area (Å²) in [5.74, 6) is -0.284. The molecule has 0 aliphatic rings. The highest BCUT2D eigenvalue weighted by Crippen LogP contribution is 2.16. The predicted molar refractivity (Wildman–Crippen MR) is 231 cm³/mol. The molecule has 0 aromatic rings. The van der Waals surface area contributed by atoms with E-state index < -0.39 is 18.2 Å². The average Bonchev–Trinajstić information content (AvgIpc) is 3.15. The van der Waals surface area contributed by atoms with Gasteiger partial charge in [0.1, 0.15) is 0 Å². The topological polar surface area (TPSA) is 89.8 Å². The summed E-state index contributed by atoms with van der Waals surface area (Å²) in [6.07, 6.45) is 53.0. The van der Waals surface area contributed by atoms with Gasteiger partial charge in [0.25, 0.3) is 0 Å². The van der Waals surface area contributed by atoms with Crippen LogP contribution >= 0.6 is 0 Å². The lowest BCUT2D eigenvalue weighted by Gasteiger charge is -2.23. The number of hydrogen-bond acceptors (Lipinski definition) is 4. The monoisotopic (exact) mass is 748 g/mol. The minimum absolute atomic E-state index is 0.0350. The van der Waals surface area contributed by atoms with Crippen LogP contribution in [-0.4, -0.2) is 46.1 Å². The van der Waals surface area contributed by atoms with E-state index in [0.717, 1.165) is 32.1 Å². The highest BCUT2D eigenvalue weighted by atomic mass is 16.3. The van der Waals surface area contributed by atoms with Crippen molar-refractivity contribution in [1.82, 2.24) is 5.32 Å². The number of carbonyl (C=O) groups is 1. The van der Waals surface area contributed by atoms with Gasteiger partial charge in [-0.25, -0.2) is 0 Å². The number of hydrogen-bond donors (Lipinski definition) is 4. The minimum atomic E-state index is -0.748. The molecule has 314 valence electrons. The molecule has 0 spiro atoms. The van der Waals surface area contributed by atoms with Crippen LogP contribution in [0.1, 0.15) is 251 Å². The van der Waals surface area contributed by atoms with E-state index in [-0.39, 0.29) is 18.9 Å². The van der Waals surface area contributed by atoms with Crippen molar-refractivity contribution in [2.45, 2.75) is 270 Å². The molecular weight excluding hydrogens is 655 g/mol. The molecule has 0 radical (unpaired) electrons. The molecule has 53 heavy (non-hydrogen) atoms. The lowest BCUT2D eigenvalue weighted by Crippen LogP contribution is -2.46. The molecule has 0 aliphatic carbocycles. The lowest BCUT2D eigenvalue weighted by molar-refractivity contribution is -0.125. The fourth-order valence-electron chi connectivity index (χ4n) is 7.38. The Hall–Kier alpha value is -1.17. The van der Waals surface area contributed by atoms with Gasteiger partial charge < -0.3 is 20.6 Å². The first-order chi connectivity index (χ1) is 26.0. The number of unbranched alkanes of at least 4 members (excludes halogenated alkanes) is 30. The molecule has 3 atom stereocenters. The molecule has 5 nitrogen and oxygen atoms in total. The normalized spacial score (nSPS) is 13.7. The zero-order valence-electron chi connectivity index (χ0n) is 35.7. The van der Waals surface area contributed by atoms with Gasteiger partial charge in [-0.2, -0.15) is 0 Å². The van der Waals surface area contributed by atoms with Crippen molar-refractivity contribution in [3.05, 3.63) is 24.3 Å². The van der Waals surface area contributed by atoms with E-state index in [2.05, 4.69) is 43.5 Å². The summed E-state index contributed by atoms with van der Waals surface area (Å²) in [7, 11) is 0. The largest absolute Gasteiger partial charge is 0.394 e. The average molecular weight is 748 g/mol. The van der Waals surface area contributed by atoms with E-state index in [1.54, 1.807) is 0 Å². The SMILES string of the molecule is CCCCCCCCCCC/C=C\C/C=C\CCCCCCCCCCCC(O)CC(=O)NC(CO)C(O)CCCCCCCCCCCCCCC. The number of amides is 1. The van der Waals surface area contributed by atoms with Crippen LogP contribution in [0.4, 0.5) is 0 Å². The first-order valence-electron chi connectivity index (χ1n) is 23.6. The van der Waals surface area contributed by atoms with Gasteiger partial charge in [-0.3, -0.25) is 4.79 Å². The van der Waals surface area contributed by atoms with E-state index in [4.69, 9.17) is 0 Å². The van der Waals surface area contributed by atoms with Crippen molar-refractivity contribution in [1.29, 1.82) is 0 Å². The van der Waals surface area contributed by atoms with E-state index in [0.29, 0.717) is 12.8 Å². The Bertz CT molecular complexity index is 784. The molecule has 3 unspecified atom stereocenters. The molecule has 0 aliphatic heterocycles. The number of carbonyl (C=O) groups excluding carboxylic acids is 1. The van der Waals surface area contributed by atoms with Gasteiger partial charge in [-0.15, -0.1) is 0 Å². The number of rotatable bonds is 43. The Labute approximate surface area is 331 Å². The molecule has 0 fully saturated rings. The van der Waals surface area contributed by atoms with Crippen LogP contribution in [-0.2, 0) is 4.79 Å². The number of aliphatic hydroxyl groups is 3. The fraction of sp³-hybridized carbons (Fsp3) is 0.896. The summed E-state index contributed by atoms with van der Waals surface area (Å²) in [4.78, 5) is 12.5. The van der Waals surface area contributed by atoms with E-state index >= 15 is 0 Å². The third-order valence-electron chi connectivity index (χ3n) is 11.0. The van der Waals surface area contributed by atoms with Crippen molar-refractivity contribution in [3.8, 4) is 0 Å². The molecule has 0 saturated carbocycles. The Balaban J connectivity index is 3.58. The van der Waals surface area contributed by atoms with Crippen molar-refractivity contribution in [2.75, 3.05) is 6.61 Å². The first-order valence-corrected chi connectivity index (χ1v) is 23.6. The summed E-state index contributed by atoms with van der Waals surface area (Å²) in [5, 5.41) is 33.4. The summed E-state index contributed by atoms with van der Waals surface area (Å²) in [6.45, 7) is 4.27. The van der Waals surface area contributed by atoms with Gasteiger partial charge in [-0.05, 0) is 44.9 Å². The van der Waals surface area contributed by atoms with Gasteiger partial charge in [0.05, 0.1) is 31.3 Å². The smallest absolute Gasteiger partial charge is 0.222 e. The molecule has 0 aromatic carbocycles. The van der Waals surface area contributed by atoms with Crippen LogP contribution in [0.5, 0.6) is 0 Å². The molecule has 4 N–H and O–H groups in total. The standard InChI is InChI=1S/C48H93NO4/c1-3-5-7-9-11-13-15-17-18-19-20-21-22-23-24-25-26-27-28-30-31-33-35-37-39-41-45(51)43-48(53)49-46(44-50)47(52)42-40-38-36-34-32-29-16-14-12-10-8-6-4-2/h20-21,23-24,45-47,50-52H,3-19,22,25-44H2,1-2H3,(H,49,53)/b21-20-,24-23-. The number of nitrogens with one attached hydrogen (secondary N) is 1. The molecular formula is C48H93NO4. The second-order valence-corrected chi connectivity index (χ2v) is 16.4. The van der Waals surface area contributed by atoms with Crippen LogP contribution in [0.2, 0.25) is 0 Å². The van der Waals surface area contributed by atoms with Gasteiger partial charge in [0.15, 0.2) is 0 Å². The maximum atomic E-state index is 12.5. The maximum absolute atomic E-state index is 12.5. The zero-order valence-corrected chi connectivity index (χ0v) is 35.7. The van der Waals surface area contributed by atoms with Crippen molar-refractivity contribution >= 4 is 5.91 Å². The van der Waals surface area contributed by atoms with Crippen LogP contribution in [0.15, 0.2) is 24.3 Å². The molecule has 0 saturated heterocycles. The molecule has 0 aromatic heterocycles. The van der Waals surface area contributed by atoms with Crippen molar-refractivity contribution < 1.29 is 20.1 Å². The Kier molecular flexibility index (Phi) is 42.6. The summed E-state index contributed by atoms with van der Waals surface area (Å²) in [5.41, 5.74) is 0. The van der Waals surface area contributed by atoms with Crippen molar-refractivity contribution in [3.63, 3.8) is 0 Å². The van der Waals surface area contributed by atoms with Crippen LogP contribution in [0.25, 0.3) is 0 Å². The zero-order chi connectivity index (χ0) is 38.7. The van der Waals surface area contributed by atoms with Crippen molar-refractivity contribution in [2.24, 2.45) is 0 Å². The Morgan fingerprint density at radius 2 is 0.811 bits per heavy atom. The van der Waals surface area contributed by atoms with Crippen LogP contribution in [0.3, 0.4) is 0 Å². The Morgan fingerprint density at radius 3 is 1.19 bits per heavy atom. The fourth-order valence-corrected chi connectivity index (χ4v) is 7.38. The van der Waals surface area contributed by atoms with Crippen LogP contribution < -0.4 is 5.32 Å². The maximum Gasteiger partial charge on any atom is 0.222 e. The van der Waals surface area contributed by atoms with E-state index in [9.17, 15) is 20.1 Å². The van der Waals surface area contributed by atoms with Gasteiger partial charge in [0.2, 0.25) is 5.91 Å². The van der Waals surface area contributed by atoms with Crippen LogP contribution in [0, 0.1) is 0 Å². The summed E-state index contributed by atoms with van der Waals surface area (Å²) >= 11 is 0.